The van der Waals surface area contributed by atoms with E-state index in [0.717, 1.165) is 17.1 Å². The summed E-state index contributed by atoms with van der Waals surface area (Å²) in [5, 5.41) is 8.17. The van der Waals surface area contributed by atoms with Crippen LogP contribution in [0.1, 0.15) is 11.3 Å². The van der Waals surface area contributed by atoms with E-state index < -0.39 is 10.0 Å². The Bertz CT molecular complexity index is 1270. The Balaban J connectivity index is 1.46. The Morgan fingerprint density at radius 3 is 2.13 bits per heavy atom. The topological polar surface area (TPSA) is 96.0 Å². The van der Waals surface area contributed by atoms with Gasteiger partial charge in [0.2, 0.25) is 5.95 Å². The van der Waals surface area contributed by atoms with Gasteiger partial charge in [-0.05, 0) is 61.7 Å². The second-order valence-corrected chi connectivity index (χ2v) is 9.81. The van der Waals surface area contributed by atoms with Gasteiger partial charge in [0, 0.05) is 28.8 Å². The van der Waals surface area contributed by atoms with Gasteiger partial charge in [-0.15, -0.1) is 11.3 Å². The van der Waals surface area contributed by atoms with Crippen LogP contribution >= 0.6 is 11.3 Å². The molecule has 0 amide bonds. The van der Waals surface area contributed by atoms with Crippen molar-refractivity contribution in [3.05, 3.63) is 83.4 Å². The van der Waals surface area contributed by atoms with Gasteiger partial charge in [-0.25, -0.2) is 13.4 Å². The minimum absolute atomic E-state index is 0.275. The van der Waals surface area contributed by atoms with Crippen molar-refractivity contribution in [3.8, 4) is 0 Å². The van der Waals surface area contributed by atoms with Crippen LogP contribution < -0.4 is 15.4 Å². The first-order chi connectivity index (χ1) is 14.9. The zero-order valence-electron chi connectivity index (χ0n) is 17.0. The number of nitrogens with one attached hydrogen (secondary N) is 3. The monoisotopic (exact) mass is 451 g/mol. The third kappa shape index (κ3) is 5.39. The summed E-state index contributed by atoms with van der Waals surface area (Å²) in [7, 11) is -3.57. The maximum absolute atomic E-state index is 12.3. The molecule has 31 heavy (non-hydrogen) atoms. The van der Waals surface area contributed by atoms with Gasteiger partial charge in [0.1, 0.15) is 10.0 Å². The molecule has 158 valence electrons. The van der Waals surface area contributed by atoms with Gasteiger partial charge in [0.25, 0.3) is 10.0 Å². The number of benzene rings is 2. The first kappa shape index (κ1) is 20.8. The van der Waals surface area contributed by atoms with E-state index in [9.17, 15) is 8.42 Å². The molecule has 0 radical (unpaired) electrons. The molecule has 0 atom stereocenters. The first-order valence-electron chi connectivity index (χ1n) is 9.50. The summed E-state index contributed by atoms with van der Waals surface area (Å²) in [5.41, 5.74) is 4.16. The van der Waals surface area contributed by atoms with E-state index in [1.54, 1.807) is 41.8 Å². The van der Waals surface area contributed by atoms with Crippen LogP contribution in [0.25, 0.3) is 0 Å². The molecular weight excluding hydrogens is 430 g/mol. The number of aryl methyl sites for hydroxylation is 2. The number of rotatable bonds is 7. The highest BCUT2D eigenvalue weighted by Crippen LogP contribution is 2.23. The first-order valence-corrected chi connectivity index (χ1v) is 11.9. The van der Waals surface area contributed by atoms with Crippen LogP contribution in [0.15, 0.2) is 76.3 Å². The van der Waals surface area contributed by atoms with Crippen LogP contribution in [0, 0.1) is 13.8 Å². The van der Waals surface area contributed by atoms with Crippen molar-refractivity contribution in [3.63, 3.8) is 0 Å². The van der Waals surface area contributed by atoms with E-state index in [2.05, 4.69) is 25.3 Å². The van der Waals surface area contributed by atoms with Crippen molar-refractivity contribution in [2.24, 2.45) is 0 Å². The molecule has 3 N–H and O–H groups in total. The standard InChI is InChI=1S/C22H21N5O2S2/c1-15-5-7-17(8-6-15)24-20-14-16(2)23-22(26-20)25-18-9-11-19(12-10-18)27-31(28,29)21-4-3-13-30-21/h3-14,27H,1-2H3,(H2,23,24,25,26). The molecule has 4 aromatic rings. The van der Waals surface area contributed by atoms with Crippen LogP contribution in [0.2, 0.25) is 0 Å². The number of anilines is 5. The lowest BCUT2D eigenvalue weighted by Crippen LogP contribution is -2.11. The summed E-state index contributed by atoms with van der Waals surface area (Å²) >= 11 is 1.17. The summed E-state index contributed by atoms with van der Waals surface area (Å²) in [6.07, 6.45) is 0. The summed E-state index contributed by atoms with van der Waals surface area (Å²) in [5.74, 6) is 1.13. The highest BCUT2D eigenvalue weighted by Gasteiger charge is 2.15. The molecule has 0 aliphatic rings. The van der Waals surface area contributed by atoms with Crippen LogP contribution in [0.5, 0.6) is 0 Å². The quantitative estimate of drug-likeness (QED) is 0.346. The Morgan fingerprint density at radius 2 is 1.45 bits per heavy atom. The van der Waals surface area contributed by atoms with E-state index in [1.807, 2.05) is 44.2 Å². The van der Waals surface area contributed by atoms with E-state index in [1.165, 1.54) is 16.9 Å². The van der Waals surface area contributed by atoms with Crippen molar-refractivity contribution in [2.75, 3.05) is 15.4 Å². The Morgan fingerprint density at radius 1 is 0.806 bits per heavy atom. The summed E-state index contributed by atoms with van der Waals surface area (Å²) in [4.78, 5) is 8.95. The number of hydrogen-bond acceptors (Lipinski definition) is 7. The van der Waals surface area contributed by atoms with Gasteiger partial charge in [-0.3, -0.25) is 4.72 Å². The Labute approximate surface area is 185 Å². The molecule has 0 fully saturated rings. The molecule has 0 bridgehead atoms. The van der Waals surface area contributed by atoms with Gasteiger partial charge in [-0.1, -0.05) is 23.8 Å². The van der Waals surface area contributed by atoms with Gasteiger partial charge < -0.3 is 10.6 Å². The van der Waals surface area contributed by atoms with Crippen molar-refractivity contribution in [2.45, 2.75) is 18.1 Å². The molecule has 0 saturated carbocycles. The summed E-state index contributed by atoms with van der Waals surface area (Å²) in [6.45, 7) is 3.94. The summed E-state index contributed by atoms with van der Waals surface area (Å²) < 4.78 is 27.5. The number of aromatic nitrogens is 2. The van der Waals surface area contributed by atoms with E-state index >= 15 is 0 Å². The van der Waals surface area contributed by atoms with Crippen LogP contribution in [0.3, 0.4) is 0 Å². The number of sulfonamides is 1. The average molecular weight is 452 g/mol. The molecule has 2 aromatic carbocycles. The molecule has 4 rings (SSSR count). The molecule has 0 spiro atoms. The van der Waals surface area contributed by atoms with E-state index in [-0.39, 0.29) is 4.21 Å². The molecule has 9 heteroatoms. The fraction of sp³-hybridized carbons (Fsp3) is 0.0909. The van der Waals surface area contributed by atoms with Crippen molar-refractivity contribution in [1.29, 1.82) is 0 Å². The van der Waals surface area contributed by atoms with E-state index in [0.29, 0.717) is 17.5 Å². The lowest BCUT2D eigenvalue weighted by Gasteiger charge is -2.11. The fourth-order valence-electron chi connectivity index (χ4n) is 2.85. The lowest BCUT2D eigenvalue weighted by molar-refractivity contribution is 0.603. The fourth-order valence-corrected chi connectivity index (χ4v) is 4.90. The predicted octanol–water partition coefficient (Wildman–Crippen LogP) is 5.44. The van der Waals surface area contributed by atoms with Gasteiger partial charge in [0.15, 0.2) is 0 Å². The predicted molar refractivity (Wildman–Crippen MR) is 126 cm³/mol. The number of thiophene rings is 1. The molecule has 0 aliphatic heterocycles. The Hall–Kier alpha value is -3.43. The number of hydrogen-bond donors (Lipinski definition) is 3. The zero-order chi connectivity index (χ0) is 21.8. The normalized spacial score (nSPS) is 11.2. The van der Waals surface area contributed by atoms with Crippen LogP contribution in [-0.4, -0.2) is 18.4 Å². The molecule has 0 unspecified atom stereocenters. The smallest absolute Gasteiger partial charge is 0.271 e. The maximum Gasteiger partial charge on any atom is 0.271 e. The third-order valence-electron chi connectivity index (χ3n) is 4.33. The van der Waals surface area contributed by atoms with Crippen LogP contribution in [0.4, 0.5) is 28.8 Å². The molecule has 2 heterocycles. The third-order valence-corrected chi connectivity index (χ3v) is 7.11. The molecule has 7 nitrogen and oxygen atoms in total. The second-order valence-electron chi connectivity index (χ2n) is 6.95. The molecule has 0 saturated heterocycles. The highest BCUT2D eigenvalue weighted by atomic mass is 32.2. The van der Waals surface area contributed by atoms with Crippen molar-refractivity contribution in [1.82, 2.24) is 9.97 Å². The SMILES string of the molecule is Cc1ccc(Nc2cc(C)nc(Nc3ccc(NS(=O)(=O)c4cccs4)cc3)n2)cc1. The van der Waals surface area contributed by atoms with Crippen LogP contribution in [-0.2, 0) is 10.0 Å². The molecule has 0 aliphatic carbocycles. The minimum Gasteiger partial charge on any atom is -0.340 e. The second kappa shape index (κ2) is 8.75. The maximum atomic E-state index is 12.3. The number of nitrogens with zero attached hydrogens (tertiary/aromatic N) is 2. The average Bonchev–Trinajstić information content (AvgIpc) is 3.27. The minimum atomic E-state index is -3.57. The zero-order valence-corrected chi connectivity index (χ0v) is 18.6. The van der Waals surface area contributed by atoms with Gasteiger partial charge in [-0.2, -0.15) is 4.98 Å². The van der Waals surface area contributed by atoms with Gasteiger partial charge >= 0.3 is 0 Å². The van der Waals surface area contributed by atoms with Gasteiger partial charge in [0.05, 0.1) is 0 Å². The van der Waals surface area contributed by atoms with Crippen molar-refractivity contribution >= 4 is 50.2 Å². The largest absolute Gasteiger partial charge is 0.340 e. The summed E-state index contributed by atoms with van der Waals surface area (Å²) in [6, 6.07) is 20.1. The van der Waals surface area contributed by atoms with E-state index in [4.69, 9.17) is 0 Å². The Kier molecular flexibility index (Phi) is 5.88. The molecular formula is C22H21N5O2S2. The molecule has 2 aromatic heterocycles. The lowest BCUT2D eigenvalue weighted by atomic mass is 10.2. The highest BCUT2D eigenvalue weighted by molar-refractivity contribution is 7.94. The van der Waals surface area contributed by atoms with Crippen molar-refractivity contribution < 1.29 is 8.42 Å².